The highest BCUT2D eigenvalue weighted by atomic mass is 15.2. The first-order valence-corrected chi connectivity index (χ1v) is 7.83. The smallest absolute Gasteiger partial charge is 0.0417 e. The molecule has 3 nitrogen and oxygen atoms in total. The Labute approximate surface area is 124 Å². The molecule has 2 rings (SSSR count). The predicted octanol–water partition coefficient (Wildman–Crippen LogP) is 2.63. The highest BCUT2D eigenvalue weighted by Crippen LogP contribution is 2.29. The quantitative estimate of drug-likeness (QED) is 0.861. The fourth-order valence-electron chi connectivity index (χ4n) is 3.16. The van der Waals surface area contributed by atoms with E-state index in [0.29, 0.717) is 6.04 Å². The summed E-state index contributed by atoms with van der Waals surface area (Å²) in [5, 5.41) is 3.47. The summed E-state index contributed by atoms with van der Waals surface area (Å²) in [6.07, 6.45) is 2.62. The second-order valence-electron chi connectivity index (χ2n) is 6.16. The van der Waals surface area contributed by atoms with Crippen molar-refractivity contribution in [3.05, 3.63) is 29.3 Å². The minimum Gasteiger partial charge on any atom is -0.367 e. The number of likely N-dealkylation sites (N-methyl/N-ethyl adjacent to an activating group) is 1. The van der Waals surface area contributed by atoms with Crippen molar-refractivity contribution in [1.29, 1.82) is 0 Å². The van der Waals surface area contributed by atoms with Crippen LogP contribution in [0.4, 0.5) is 5.69 Å². The first-order chi connectivity index (χ1) is 9.61. The fourth-order valence-corrected chi connectivity index (χ4v) is 3.16. The molecule has 20 heavy (non-hydrogen) atoms. The molecule has 0 aliphatic carbocycles. The molecule has 1 aromatic carbocycles. The lowest BCUT2D eigenvalue weighted by atomic mass is 10.1. The van der Waals surface area contributed by atoms with Gasteiger partial charge in [0, 0.05) is 31.4 Å². The highest BCUT2D eigenvalue weighted by Gasteiger charge is 2.26. The first kappa shape index (κ1) is 15.3. The van der Waals surface area contributed by atoms with Crippen LogP contribution in [0.25, 0.3) is 0 Å². The molecule has 1 saturated heterocycles. The average molecular weight is 275 g/mol. The van der Waals surface area contributed by atoms with Gasteiger partial charge in [0.15, 0.2) is 0 Å². The van der Waals surface area contributed by atoms with Crippen LogP contribution in [0, 0.1) is 6.92 Å². The van der Waals surface area contributed by atoms with Crippen LogP contribution < -0.4 is 10.2 Å². The molecule has 3 heteroatoms. The summed E-state index contributed by atoms with van der Waals surface area (Å²) in [4.78, 5) is 4.92. The Morgan fingerprint density at radius 2 is 2.15 bits per heavy atom. The van der Waals surface area contributed by atoms with Gasteiger partial charge in [0.2, 0.25) is 0 Å². The lowest BCUT2D eigenvalue weighted by molar-refractivity contribution is 0.372. The van der Waals surface area contributed by atoms with Crippen molar-refractivity contribution >= 4 is 5.69 Å². The third kappa shape index (κ3) is 3.74. The largest absolute Gasteiger partial charge is 0.367 e. The molecule has 0 spiro atoms. The molecule has 0 amide bonds. The molecule has 0 saturated carbocycles. The maximum Gasteiger partial charge on any atom is 0.0417 e. The molecule has 1 fully saturated rings. The third-order valence-corrected chi connectivity index (χ3v) is 4.06. The summed E-state index contributed by atoms with van der Waals surface area (Å²) in [6, 6.07) is 7.56. The first-order valence-electron chi connectivity index (χ1n) is 7.83. The lowest BCUT2D eigenvalue weighted by Crippen LogP contribution is -2.38. The second-order valence-corrected chi connectivity index (χ2v) is 6.16. The van der Waals surface area contributed by atoms with Gasteiger partial charge in [0.05, 0.1) is 0 Å². The van der Waals surface area contributed by atoms with E-state index in [-0.39, 0.29) is 0 Å². The Kier molecular flexibility index (Phi) is 5.44. The molecule has 1 aliphatic rings. The van der Waals surface area contributed by atoms with E-state index in [0.717, 1.165) is 19.6 Å². The van der Waals surface area contributed by atoms with Crippen molar-refractivity contribution < 1.29 is 0 Å². The fraction of sp³-hybridized carbons (Fsp3) is 0.647. The number of anilines is 1. The molecule has 1 atom stereocenters. The van der Waals surface area contributed by atoms with Crippen LogP contribution in [0.1, 0.15) is 30.9 Å². The van der Waals surface area contributed by atoms with E-state index in [1.54, 1.807) is 0 Å². The number of aryl methyl sites for hydroxylation is 1. The standard InChI is InChI=1S/C17H29N3/c1-5-18-12-15-11-14(2)8-9-17(15)20-10-6-7-16(20)13-19(3)4/h8-9,11,16,18H,5-7,10,12-13H2,1-4H3. The van der Waals surface area contributed by atoms with Gasteiger partial charge in [-0.1, -0.05) is 24.6 Å². The Balaban J connectivity index is 2.21. The van der Waals surface area contributed by atoms with E-state index in [1.165, 1.54) is 36.2 Å². The Bertz CT molecular complexity index is 428. The van der Waals surface area contributed by atoms with E-state index in [1.807, 2.05) is 0 Å². The van der Waals surface area contributed by atoms with Gasteiger partial charge in [-0.2, -0.15) is 0 Å². The summed E-state index contributed by atoms with van der Waals surface area (Å²) < 4.78 is 0. The van der Waals surface area contributed by atoms with Crippen LogP contribution in [-0.4, -0.2) is 44.7 Å². The van der Waals surface area contributed by atoms with E-state index in [4.69, 9.17) is 0 Å². The summed E-state index contributed by atoms with van der Waals surface area (Å²) in [5.74, 6) is 0. The van der Waals surface area contributed by atoms with Gasteiger partial charge in [-0.05, 0) is 52.0 Å². The van der Waals surface area contributed by atoms with Gasteiger partial charge < -0.3 is 15.1 Å². The maximum absolute atomic E-state index is 3.47. The molecular weight excluding hydrogens is 246 g/mol. The molecule has 1 N–H and O–H groups in total. The van der Waals surface area contributed by atoms with Gasteiger partial charge in [-0.3, -0.25) is 0 Å². The van der Waals surface area contributed by atoms with Crippen LogP contribution in [0.3, 0.4) is 0 Å². The van der Waals surface area contributed by atoms with Crippen molar-refractivity contribution in [2.75, 3.05) is 38.6 Å². The number of hydrogen-bond donors (Lipinski definition) is 1. The number of nitrogens with one attached hydrogen (secondary N) is 1. The predicted molar refractivity (Wildman–Crippen MR) is 87.5 cm³/mol. The monoisotopic (exact) mass is 275 g/mol. The van der Waals surface area contributed by atoms with Crippen LogP contribution >= 0.6 is 0 Å². The zero-order valence-corrected chi connectivity index (χ0v) is 13.4. The zero-order valence-electron chi connectivity index (χ0n) is 13.4. The lowest BCUT2D eigenvalue weighted by Gasteiger charge is -2.31. The van der Waals surface area contributed by atoms with Gasteiger partial charge >= 0.3 is 0 Å². The number of hydrogen-bond acceptors (Lipinski definition) is 3. The zero-order chi connectivity index (χ0) is 14.5. The molecule has 0 bridgehead atoms. The van der Waals surface area contributed by atoms with E-state index < -0.39 is 0 Å². The van der Waals surface area contributed by atoms with Crippen molar-refractivity contribution in [1.82, 2.24) is 10.2 Å². The van der Waals surface area contributed by atoms with Crippen LogP contribution in [0.5, 0.6) is 0 Å². The van der Waals surface area contributed by atoms with Crippen molar-refractivity contribution in [3.63, 3.8) is 0 Å². The van der Waals surface area contributed by atoms with E-state index >= 15 is 0 Å². The van der Waals surface area contributed by atoms with Gasteiger partial charge in [-0.15, -0.1) is 0 Å². The highest BCUT2D eigenvalue weighted by molar-refractivity contribution is 5.56. The molecule has 0 radical (unpaired) electrons. The SMILES string of the molecule is CCNCc1cc(C)ccc1N1CCCC1CN(C)C. The van der Waals surface area contributed by atoms with E-state index in [2.05, 4.69) is 61.3 Å². The Morgan fingerprint density at radius 1 is 1.35 bits per heavy atom. The topological polar surface area (TPSA) is 18.5 Å². The van der Waals surface area contributed by atoms with E-state index in [9.17, 15) is 0 Å². The van der Waals surface area contributed by atoms with Crippen molar-refractivity contribution in [3.8, 4) is 0 Å². The molecular formula is C17H29N3. The number of nitrogens with zero attached hydrogens (tertiary/aromatic N) is 2. The number of rotatable bonds is 6. The summed E-state index contributed by atoms with van der Waals surface area (Å²) in [6.45, 7) is 8.68. The minimum absolute atomic E-state index is 0.660. The molecule has 1 unspecified atom stereocenters. The third-order valence-electron chi connectivity index (χ3n) is 4.06. The van der Waals surface area contributed by atoms with Crippen LogP contribution in [0.2, 0.25) is 0 Å². The van der Waals surface area contributed by atoms with Crippen molar-refractivity contribution in [2.24, 2.45) is 0 Å². The van der Waals surface area contributed by atoms with Crippen LogP contribution in [0.15, 0.2) is 18.2 Å². The average Bonchev–Trinajstić information content (AvgIpc) is 2.83. The summed E-state index contributed by atoms with van der Waals surface area (Å²) >= 11 is 0. The minimum atomic E-state index is 0.660. The summed E-state index contributed by atoms with van der Waals surface area (Å²) in [7, 11) is 4.34. The van der Waals surface area contributed by atoms with Crippen molar-refractivity contribution in [2.45, 2.75) is 39.3 Å². The normalized spacial score (nSPS) is 19.1. The molecule has 1 aromatic rings. The maximum atomic E-state index is 3.47. The van der Waals surface area contributed by atoms with Gasteiger partial charge in [0.1, 0.15) is 0 Å². The van der Waals surface area contributed by atoms with Gasteiger partial charge in [-0.25, -0.2) is 0 Å². The second kappa shape index (κ2) is 7.09. The molecule has 0 aromatic heterocycles. The number of benzene rings is 1. The Hall–Kier alpha value is -1.06. The summed E-state index contributed by atoms with van der Waals surface area (Å²) in [5.41, 5.74) is 4.23. The Morgan fingerprint density at radius 3 is 2.85 bits per heavy atom. The molecule has 112 valence electrons. The van der Waals surface area contributed by atoms with Gasteiger partial charge in [0.25, 0.3) is 0 Å². The van der Waals surface area contributed by atoms with Crippen LogP contribution in [-0.2, 0) is 6.54 Å². The molecule has 1 heterocycles. The molecule has 1 aliphatic heterocycles.